The molecule has 10 nitrogen and oxygen atoms in total. The van der Waals surface area contributed by atoms with Crippen molar-refractivity contribution in [3.63, 3.8) is 0 Å². The molecule has 0 radical (unpaired) electrons. The third-order valence-electron chi connectivity index (χ3n) is 6.41. The van der Waals surface area contributed by atoms with Gasteiger partial charge < -0.3 is 29.0 Å². The normalized spacial score (nSPS) is 15.2. The molecule has 0 saturated carbocycles. The van der Waals surface area contributed by atoms with Crippen LogP contribution < -0.4 is 10.1 Å². The van der Waals surface area contributed by atoms with Crippen molar-refractivity contribution in [1.29, 1.82) is 0 Å². The first-order valence-corrected chi connectivity index (χ1v) is 13.0. The lowest BCUT2D eigenvalue weighted by atomic mass is 9.80. The van der Waals surface area contributed by atoms with Crippen molar-refractivity contribution in [3.8, 4) is 5.75 Å². The van der Waals surface area contributed by atoms with Crippen molar-refractivity contribution < 1.29 is 42.9 Å². The Morgan fingerprint density at radius 1 is 0.775 bits per heavy atom. The molecule has 10 heteroatoms. The summed E-state index contributed by atoms with van der Waals surface area (Å²) in [5.74, 6) is -3.24. The van der Waals surface area contributed by atoms with E-state index in [-0.39, 0.29) is 24.4 Å². The molecule has 2 atom stereocenters. The lowest BCUT2D eigenvalue weighted by molar-refractivity contribution is -0.164. The SMILES string of the molecule is CCOC(=O)[C@H](C)OC(=O)C1=C(C)NC(C)=C(C(=O)O[C@@H](C)C(=O)OCC)C1c1ccc2cc(OC)ccc2c1. The van der Waals surface area contributed by atoms with Gasteiger partial charge in [0.1, 0.15) is 5.75 Å². The second kappa shape index (κ2) is 13.1. The van der Waals surface area contributed by atoms with Crippen LogP contribution >= 0.6 is 0 Å². The third-order valence-corrected chi connectivity index (χ3v) is 6.41. The minimum atomic E-state index is -1.18. The zero-order valence-electron chi connectivity index (χ0n) is 23.8. The van der Waals surface area contributed by atoms with Crippen molar-refractivity contribution in [2.75, 3.05) is 20.3 Å². The highest BCUT2D eigenvalue weighted by atomic mass is 16.6. The molecule has 1 N–H and O–H groups in total. The molecule has 1 aliphatic rings. The van der Waals surface area contributed by atoms with Gasteiger partial charge >= 0.3 is 23.9 Å². The average Bonchev–Trinajstić information content (AvgIpc) is 2.91. The van der Waals surface area contributed by atoms with E-state index < -0.39 is 42.0 Å². The maximum absolute atomic E-state index is 13.6. The number of esters is 4. The molecule has 0 aromatic heterocycles. The van der Waals surface area contributed by atoms with E-state index in [2.05, 4.69) is 5.32 Å². The molecule has 0 fully saturated rings. The van der Waals surface area contributed by atoms with Crippen molar-refractivity contribution in [2.24, 2.45) is 0 Å². The second-order valence-electron chi connectivity index (χ2n) is 9.21. The summed E-state index contributed by atoms with van der Waals surface area (Å²) in [4.78, 5) is 51.5. The van der Waals surface area contributed by atoms with E-state index in [1.807, 2.05) is 30.3 Å². The monoisotopic (exact) mass is 553 g/mol. The fourth-order valence-electron chi connectivity index (χ4n) is 4.48. The van der Waals surface area contributed by atoms with E-state index in [4.69, 9.17) is 23.7 Å². The van der Waals surface area contributed by atoms with E-state index in [1.165, 1.54) is 13.8 Å². The van der Waals surface area contributed by atoms with Gasteiger partial charge in [-0.15, -0.1) is 0 Å². The third kappa shape index (κ3) is 6.62. The molecule has 3 rings (SSSR count). The molecule has 40 heavy (non-hydrogen) atoms. The number of nitrogens with one attached hydrogen (secondary N) is 1. The standard InChI is InChI=1S/C30H35NO9/c1-8-37-27(32)18(5)39-29(34)24-16(3)31-17(4)25(30(35)40-19(6)28(33)38-9-2)26(24)22-11-10-21-15-23(36-7)13-12-20(21)14-22/h10-15,18-19,26,31H,8-9H2,1-7H3/t18-,19-/m0/s1. The summed E-state index contributed by atoms with van der Waals surface area (Å²) in [7, 11) is 1.58. The number of ether oxygens (including phenoxy) is 5. The molecule has 0 bridgehead atoms. The van der Waals surface area contributed by atoms with Gasteiger partial charge in [-0.3, -0.25) is 0 Å². The quantitative estimate of drug-likeness (QED) is 0.340. The molecule has 0 amide bonds. The summed E-state index contributed by atoms with van der Waals surface area (Å²) in [5.41, 5.74) is 1.71. The molecular weight excluding hydrogens is 518 g/mol. The summed E-state index contributed by atoms with van der Waals surface area (Å²) in [6, 6.07) is 11.1. The molecule has 0 spiro atoms. The van der Waals surface area contributed by atoms with Gasteiger partial charge in [0.25, 0.3) is 0 Å². The van der Waals surface area contributed by atoms with Crippen LogP contribution in [0.5, 0.6) is 5.75 Å². The van der Waals surface area contributed by atoms with Gasteiger partial charge in [-0.05, 0) is 70.0 Å². The minimum Gasteiger partial charge on any atom is -0.497 e. The van der Waals surface area contributed by atoms with Crippen LogP contribution in [0.4, 0.5) is 0 Å². The average molecular weight is 554 g/mol. The highest BCUT2D eigenvalue weighted by Crippen LogP contribution is 2.40. The number of dihydropyridines is 1. The van der Waals surface area contributed by atoms with Gasteiger partial charge in [-0.1, -0.05) is 24.3 Å². The van der Waals surface area contributed by atoms with E-state index in [9.17, 15) is 19.2 Å². The highest BCUT2D eigenvalue weighted by Gasteiger charge is 2.40. The largest absolute Gasteiger partial charge is 0.497 e. The lowest BCUT2D eigenvalue weighted by Crippen LogP contribution is -2.36. The van der Waals surface area contributed by atoms with Crippen LogP contribution in [0.3, 0.4) is 0 Å². The molecular formula is C30H35NO9. The van der Waals surface area contributed by atoms with Crippen LogP contribution in [0.2, 0.25) is 0 Å². The fraction of sp³-hybridized carbons (Fsp3) is 0.400. The van der Waals surface area contributed by atoms with E-state index >= 15 is 0 Å². The number of allylic oxidation sites excluding steroid dienone is 2. The van der Waals surface area contributed by atoms with Crippen molar-refractivity contribution >= 4 is 34.6 Å². The van der Waals surface area contributed by atoms with Crippen LogP contribution in [0.15, 0.2) is 58.9 Å². The predicted octanol–water partition coefficient (Wildman–Crippen LogP) is 4.07. The van der Waals surface area contributed by atoms with Gasteiger partial charge in [-0.2, -0.15) is 0 Å². The number of carbonyl (C=O) groups is 4. The van der Waals surface area contributed by atoms with Crippen LogP contribution in [-0.4, -0.2) is 56.4 Å². The first kappa shape index (κ1) is 30.2. The molecule has 1 aliphatic heterocycles. The Morgan fingerprint density at radius 3 is 1.73 bits per heavy atom. The highest BCUT2D eigenvalue weighted by molar-refractivity contribution is 6.01. The summed E-state index contributed by atoms with van der Waals surface area (Å²) in [5, 5.41) is 4.78. The minimum absolute atomic E-state index is 0.116. The van der Waals surface area contributed by atoms with E-state index in [1.54, 1.807) is 40.9 Å². The maximum atomic E-state index is 13.6. The second-order valence-corrected chi connectivity index (χ2v) is 9.21. The Balaban J connectivity index is 2.10. The zero-order valence-corrected chi connectivity index (χ0v) is 23.8. The molecule has 0 aliphatic carbocycles. The van der Waals surface area contributed by atoms with Crippen LogP contribution in [0.25, 0.3) is 10.8 Å². The maximum Gasteiger partial charge on any atom is 0.347 e. The molecule has 1 heterocycles. The summed E-state index contributed by atoms with van der Waals surface area (Å²) < 4.78 is 26.2. The van der Waals surface area contributed by atoms with Crippen molar-refractivity contribution in [2.45, 2.75) is 59.7 Å². The number of methoxy groups -OCH3 is 1. The molecule has 214 valence electrons. The molecule has 2 aromatic carbocycles. The van der Waals surface area contributed by atoms with Gasteiger partial charge in [-0.25, -0.2) is 19.2 Å². The molecule has 0 saturated heterocycles. The number of hydrogen-bond acceptors (Lipinski definition) is 10. The Labute approximate surface area is 233 Å². The Morgan fingerprint density at radius 2 is 1.25 bits per heavy atom. The van der Waals surface area contributed by atoms with E-state index in [0.29, 0.717) is 22.7 Å². The van der Waals surface area contributed by atoms with Gasteiger partial charge in [0.15, 0.2) is 12.2 Å². The number of hydrogen-bond donors (Lipinski definition) is 1. The Kier molecular flexibility index (Phi) is 9.93. The summed E-state index contributed by atoms with van der Waals surface area (Å²) in [6.07, 6.45) is -2.35. The predicted molar refractivity (Wildman–Crippen MR) is 146 cm³/mol. The number of carbonyl (C=O) groups excluding carboxylic acids is 4. The van der Waals surface area contributed by atoms with E-state index in [0.717, 1.165) is 10.8 Å². The summed E-state index contributed by atoms with van der Waals surface area (Å²) in [6.45, 7) is 9.75. The number of rotatable bonds is 10. The summed E-state index contributed by atoms with van der Waals surface area (Å²) >= 11 is 0. The number of fused-ring (bicyclic) bond motifs is 1. The van der Waals surface area contributed by atoms with Gasteiger partial charge in [0, 0.05) is 11.4 Å². The van der Waals surface area contributed by atoms with Crippen molar-refractivity contribution in [1.82, 2.24) is 5.32 Å². The molecule has 2 aromatic rings. The number of benzene rings is 2. The molecule has 0 unspecified atom stereocenters. The van der Waals surface area contributed by atoms with Crippen LogP contribution in [0.1, 0.15) is 53.0 Å². The van der Waals surface area contributed by atoms with Gasteiger partial charge in [0.2, 0.25) is 0 Å². The zero-order chi connectivity index (χ0) is 29.6. The fourth-order valence-corrected chi connectivity index (χ4v) is 4.48. The first-order chi connectivity index (χ1) is 19.0. The topological polar surface area (TPSA) is 126 Å². The van der Waals surface area contributed by atoms with Gasteiger partial charge in [0.05, 0.1) is 37.4 Å². The lowest BCUT2D eigenvalue weighted by Gasteiger charge is -2.31. The smallest absolute Gasteiger partial charge is 0.347 e. The Hall–Kier alpha value is -4.34. The Bertz CT molecular complexity index is 1310. The van der Waals surface area contributed by atoms with Crippen LogP contribution in [-0.2, 0) is 38.1 Å². The first-order valence-electron chi connectivity index (χ1n) is 13.0. The van der Waals surface area contributed by atoms with Crippen LogP contribution in [0, 0.1) is 0 Å². The van der Waals surface area contributed by atoms with Crippen molar-refractivity contribution in [3.05, 3.63) is 64.5 Å².